The zero-order chi connectivity index (χ0) is 6.78. The first-order valence-corrected chi connectivity index (χ1v) is 6.23. The Morgan fingerprint density at radius 3 is 1.75 bits per heavy atom. The second-order valence-electron chi connectivity index (χ2n) is 2.62. The second-order valence-corrected chi connectivity index (χ2v) is 6.64. The van der Waals surface area contributed by atoms with Gasteiger partial charge in [-0.25, -0.2) is 0 Å². The lowest BCUT2D eigenvalue weighted by Gasteiger charge is -2.20. The van der Waals surface area contributed by atoms with Gasteiger partial charge >= 0.3 is 0 Å². The predicted octanol–water partition coefficient (Wildman–Crippen LogP) is 3.14. The minimum atomic E-state index is -0.376. The highest BCUT2D eigenvalue weighted by atomic mass is 79.9. The Morgan fingerprint density at radius 1 is 1.38 bits per heavy atom. The Bertz CT molecular complexity index is 67.3. The van der Waals surface area contributed by atoms with Gasteiger partial charge in [0, 0.05) is 0 Å². The van der Waals surface area contributed by atoms with Gasteiger partial charge in [0.1, 0.15) is 0 Å². The fourth-order valence-corrected chi connectivity index (χ4v) is 2.44. The minimum Gasteiger partial charge on any atom is -0.342 e. The van der Waals surface area contributed by atoms with Gasteiger partial charge in [-0.2, -0.15) is 0 Å². The maximum absolute atomic E-state index is 5.42. The summed E-state index contributed by atoms with van der Waals surface area (Å²) in [5, 5.41) is 0. The summed E-state index contributed by atoms with van der Waals surface area (Å²) in [5.41, 5.74) is 0.00392. The molecule has 0 aromatic rings. The zero-order valence-corrected chi connectivity index (χ0v) is 8.21. The highest BCUT2D eigenvalue weighted by Gasteiger charge is 2.12. The molecule has 0 aliphatic heterocycles. The molecule has 0 spiro atoms. The van der Waals surface area contributed by atoms with Crippen LogP contribution in [0.1, 0.15) is 20.8 Å². The fourth-order valence-electron chi connectivity index (χ4n) is 0.377. The Balaban J connectivity index is 3.39. The van der Waals surface area contributed by atoms with Crippen LogP contribution < -0.4 is 0 Å². The van der Waals surface area contributed by atoms with E-state index < -0.39 is 0 Å². The van der Waals surface area contributed by atoms with Crippen molar-refractivity contribution in [2.75, 3.05) is 6.66 Å². The van der Waals surface area contributed by atoms with Crippen LogP contribution in [0, 0.1) is 0 Å². The number of rotatable bonds is 1. The largest absolute Gasteiger partial charge is 0.342 e. The van der Waals surface area contributed by atoms with Gasteiger partial charge < -0.3 is 4.52 Å². The van der Waals surface area contributed by atoms with Crippen LogP contribution in [0.2, 0.25) is 0 Å². The molecule has 50 valence electrons. The van der Waals surface area contributed by atoms with E-state index in [9.17, 15) is 0 Å². The Kier molecular flexibility index (Phi) is 3.49. The summed E-state index contributed by atoms with van der Waals surface area (Å²) in [6, 6.07) is 0. The van der Waals surface area contributed by atoms with Crippen LogP contribution in [0.15, 0.2) is 0 Å². The van der Waals surface area contributed by atoms with Crippen molar-refractivity contribution in [3.05, 3.63) is 0 Å². The number of hydrogen-bond acceptors (Lipinski definition) is 1. The molecular weight excluding hydrogens is 187 g/mol. The van der Waals surface area contributed by atoms with Crippen molar-refractivity contribution < 1.29 is 4.52 Å². The summed E-state index contributed by atoms with van der Waals surface area (Å²) in [7, 11) is 0. The number of hydrogen-bond donors (Lipinski definition) is 0. The molecule has 0 aliphatic rings. The summed E-state index contributed by atoms with van der Waals surface area (Å²) in [4.78, 5) is 0. The van der Waals surface area contributed by atoms with Gasteiger partial charge in [0.15, 0.2) is 0 Å². The molecule has 1 unspecified atom stereocenters. The van der Waals surface area contributed by atoms with Crippen molar-refractivity contribution in [1.82, 2.24) is 0 Å². The van der Waals surface area contributed by atoms with Gasteiger partial charge in [0.25, 0.3) is 0 Å². The molecule has 0 amide bonds. The first kappa shape index (κ1) is 8.87. The van der Waals surface area contributed by atoms with E-state index in [1.54, 1.807) is 0 Å². The number of halogens is 1. The minimum absolute atomic E-state index is 0.00392. The van der Waals surface area contributed by atoms with Crippen LogP contribution in [0.25, 0.3) is 0 Å². The average molecular weight is 199 g/mol. The molecule has 0 aromatic heterocycles. The first-order chi connectivity index (χ1) is 3.42. The highest BCUT2D eigenvalue weighted by molar-refractivity contribution is 9.38. The van der Waals surface area contributed by atoms with E-state index >= 15 is 0 Å². The normalized spacial score (nSPS) is 16.1. The fraction of sp³-hybridized carbons (Fsp3) is 1.00. The van der Waals surface area contributed by atoms with Crippen molar-refractivity contribution in [1.29, 1.82) is 0 Å². The summed E-state index contributed by atoms with van der Waals surface area (Å²) in [5.74, 6) is 0. The van der Waals surface area contributed by atoms with E-state index in [2.05, 4.69) is 15.5 Å². The molecule has 0 fully saturated rings. The van der Waals surface area contributed by atoms with Crippen molar-refractivity contribution in [3.63, 3.8) is 0 Å². The summed E-state index contributed by atoms with van der Waals surface area (Å²) in [6.45, 7) is 7.80. The lowest BCUT2D eigenvalue weighted by atomic mass is 10.2. The molecule has 1 nitrogen and oxygen atoms in total. The third-order valence-electron chi connectivity index (χ3n) is 0.400. The van der Waals surface area contributed by atoms with E-state index in [-0.39, 0.29) is 12.5 Å². The molecule has 0 N–H and O–H groups in total. The van der Waals surface area contributed by atoms with Gasteiger partial charge in [-0.05, 0) is 42.9 Å². The Morgan fingerprint density at radius 2 is 1.75 bits per heavy atom. The van der Waals surface area contributed by atoms with Gasteiger partial charge in [-0.1, -0.05) is 0 Å². The average Bonchev–Trinajstić information content (AvgIpc) is 1.21. The van der Waals surface area contributed by atoms with Crippen molar-refractivity contribution in [2.24, 2.45) is 0 Å². The molecule has 0 rings (SSSR count). The lowest BCUT2D eigenvalue weighted by molar-refractivity contribution is 0.157. The summed E-state index contributed by atoms with van der Waals surface area (Å²) >= 11 is 3.35. The van der Waals surface area contributed by atoms with Crippen molar-refractivity contribution in [2.45, 2.75) is 26.4 Å². The molecule has 0 aliphatic carbocycles. The maximum atomic E-state index is 5.42. The van der Waals surface area contributed by atoms with Crippen LogP contribution >= 0.6 is 22.3 Å². The summed E-state index contributed by atoms with van der Waals surface area (Å²) in [6.07, 6.45) is 0. The topological polar surface area (TPSA) is 9.23 Å². The second kappa shape index (κ2) is 3.14. The third-order valence-corrected chi connectivity index (χ3v) is 1.63. The Hall–Kier alpha value is 0.870. The molecule has 0 bridgehead atoms. The van der Waals surface area contributed by atoms with E-state index in [1.165, 1.54) is 0 Å². The zero-order valence-electron chi connectivity index (χ0n) is 5.73. The van der Waals surface area contributed by atoms with E-state index in [1.807, 2.05) is 27.4 Å². The van der Waals surface area contributed by atoms with Gasteiger partial charge in [0.05, 0.1) is 12.5 Å². The van der Waals surface area contributed by atoms with Gasteiger partial charge in [-0.15, -0.1) is 0 Å². The van der Waals surface area contributed by atoms with E-state index in [0.717, 1.165) is 0 Å². The standard InChI is InChI=1S/C5H12BrOP/c1-5(2,3)7-8(4)6/h1-4H3. The molecule has 3 heteroatoms. The van der Waals surface area contributed by atoms with Crippen LogP contribution in [-0.2, 0) is 4.52 Å². The molecule has 8 heavy (non-hydrogen) atoms. The molecule has 0 heterocycles. The van der Waals surface area contributed by atoms with Crippen molar-refractivity contribution >= 4 is 22.3 Å². The molecular formula is C5H12BrOP. The first-order valence-electron chi connectivity index (χ1n) is 2.50. The van der Waals surface area contributed by atoms with E-state index in [0.29, 0.717) is 0 Å². The smallest absolute Gasteiger partial charge is 0.0960 e. The summed E-state index contributed by atoms with van der Waals surface area (Å²) < 4.78 is 5.42. The maximum Gasteiger partial charge on any atom is 0.0960 e. The molecule has 0 saturated carbocycles. The van der Waals surface area contributed by atoms with Crippen LogP contribution in [0.4, 0.5) is 0 Å². The molecule has 0 saturated heterocycles. The predicted molar refractivity (Wildman–Crippen MR) is 42.6 cm³/mol. The highest BCUT2D eigenvalue weighted by Crippen LogP contribution is 2.44. The van der Waals surface area contributed by atoms with E-state index in [4.69, 9.17) is 4.52 Å². The van der Waals surface area contributed by atoms with Crippen LogP contribution in [-0.4, -0.2) is 12.3 Å². The van der Waals surface area contributed by atoms with Gasteiger partial charge in [0.2, 0.25) is 0 Å². The van der Waals surface area contributed by atoms with Crippen molar-refractivity contribution in [3.8, 4) is 0 Å². The molecule has 1 atom stereocenters. The van der Waals surface area contributed by atoms with Gasteiger partial charge in [-0.3, -0.25) is 0 Å². The molecule has 0 aromatic carbocycles. The lowest BCUT2D eigenvalue weighted by Crippen LogP contribution is -2.14. The third kappa shape index (κ3) is 6.87. The quantitative estimate of drug-likeness (QED) is 0.589. The Labute approximate surface area is 60.4 Å². The monoisotopic (exact) mass is 198 g/mol. The molecule has 0 radical (unpaired) electrons. The van der Waals surface area contributed by atoms with Crippen LogP contribution in [0.5, 0.6) is 0 Å². The van der Waals surface area contributed by atoms with Crippen LogP contribution in [0.3, 0.4) is 0 Å². The SMILES string of the molecule is CP(Br)OC(C)(C)C.